The molecule has 4 rings (SSSR count). The van der Waals surface area contributed by atoms with Gasteiger partial charge in [0, 0.05) is 11.1 Å². The van der Waals surface area contributed by atoms with Gasteiger partial charge in [-0.25, -0.2) is 12.8 Å². The molecule has 0 bridgehead atoms. The van der Waals surface area contributed by atoms with Gasteiger partial charge in [-0.1, -0.05) is 52.8 Å². The van der Waals surface area contributed by atoms with Crippen molar-refractivity contribution >= 4 is 15.7 Å². The van der Waals surface area contributed by atoms with E-state index >= 15 is 0 Å². The summed E-state index contributed by atoms with van der Waals surface area (Å²) in [4.78, 5) is -0.919. The highest BCUT2D eigenvalue weighted by Gasteiger charge is 2.32. The van der Waals surface area contributed by atoms with E-state index < -0.39 is 32.4 Å². The van der Waals surface area contributed by atoms with Crippen molar-refractivity contribution in [2.75, 3.05) is 4.72 Å². The first kappa shape index (κ1) is 17.9. The number of sulfonamides is 1. The number of rotatable bonds is 5. The molecule has 0 radical (unpaired) electrons. The van der Waals surface area contributed by atoms with Crippen LogP contribution in [0.3, 0.4) is 0 Å². The number of benzene rings is 2. The molecule has 28 heavy (non-hydrogen) atoms. The minimum atomic E-state index is -4.54. The first-order valence-electron chi connectivity index (χ1n) is 7.90. The van der Waals surface area contributed by atoms with E-state index in [1.165, 1.54) is 18.2 Å². The van der Waals surface area contributed by atoms with Crippen LogP contribution in [0.2, 0.25) is 0 Å². The summed E-state index contributed by atoms with van der Waals surface area (Å²) in [5.74, 6) is -0.776. The van der Waals surface area contributed by atoms with Gasteiger partial charge in [-0.3, -0.25) is 4.72 Å². The van der Waals surface area contributed by atoms with Crippen molar-refractivity contribution in [2.45, 2.75) is 4.90 Å². The van der Waals surface area contributed by atoms with E-state index in [4.69, 9.17) is 4.52 Å². The number of hydrogen-bond acceptors (Lipinski definition) is 6. The lowest BCUT2D eigenvalue weighted by Gasteiger charge is -2.07. The Kier molecular flexibility index (Phi) is 4.40. The third-order valence-corrected chi connectivity index (χ3v) is 5.25. The Labute approximate surface area is 157 Å². The molecule has 0 unspecified atom stereocenters. The SMILES string of the molecule is O=S(=O)(Nc1conc1-c1ccccc1)c1c(-c2ccccc2F)noc1F. The number of hydrogen-bond donors (Lipinski definition) is 1. The maximum atomic E-state index is 14.2. The van der Waals surface area contributed by atoms with E-state index in [-0.39, 0.29) is 16.9 Å². The van der Waals surface area contributed by atoms with Gasteiger partial charge < -0.3 is 9.05 Å². The average molecular weight is 403 g/mol. The van der Waals surface area contributed by atoms with Crippen molar-refractivity contribution < 1.29 is 26.2 Å². The Morgan fingerprint density at radius 1 is 0.893 bits per heavy atom. The van der Waals surface area contributed by atoms with Crippen LogP contribution in [0.25, 0.3) is 22.5 Å². The van der Waals surface area contributed by atoms with Crippen LogP contribution in [-0.2, 0) is 10.0 Å². The fourth-order valence-electron chi connectivity index (χ4n) is 2.63. The van der Waals surface area contributed by atoms with Crippen LogP contribution >= 0.6 is 0 Å². The lowest BCUT2D eigenvalue weighted by Crippen LogP contribution is -2.15. The molecule has 7 nitrogen and oxygen atoms in total. The van der Waals surface area contributed by atoms with E-state index in [1.54, 1.807) is 30.3 Å². The average Bonchev–Trinajstić information content (AvgIpc) is 3.29. The highest BCUT2D eigenvalue weighted by Crippen LogP contribution is 2.33. The normalized spacial score (nSPS) is 11.5. The smallest absolute Gasteiger partial charge is 0.327 e. The van der Waals surface area contributed by atoms with Gasteiger partial charge in [0.1, 0.15) is 29.2 Å². The molecule has 2 heterocycles. The molecule has 2 aromatic heterocycles. The van der Waals surface area contributed by atoms with Crippen LogP contribution in [0.5, 0.6) is 0 Å². The fraction of sp³-hybridized carbons (Fsp3) is 0. The Hall–Kier alpha value is -3.53. The second-order valence-electron chi connectivity index (χ2n) is 5.66. The van der Waals surface area contributed by atoms with Crippen LogP contribution in [0.4, 0.5) is 14.5 Å². The summed E-state index contributed by atoms with van der Waals surface area (Å²) in [6.07, 6.45) is 1.06. The van der Waals surface area contributed by atoms with Crippen LogP contribution in [0.15, 0.2) is 74.8 Å². The molecule has 0 saturated carbocycles. The summed E-state index contributed by atoms with van der Waals surface area (Å²) >= 11 is 0. The van der Waals surface area contributed by atoms with Gasteiger partial charge in [0.15, 0.2) is 4.90 Å². The number of halogens is 2. The Morgan fingerprint density at radius 3 is 2.36 bits per heavy atom. The summed E-state index contributed by atoms with van der Waals surface area (Å²) in [6.45, 7) is 0. The largest absolute Gasteiger partial charge is 0.362 e. The third kappa shape index (κ3) is 3.14. The Morgan fingerprint density at radius 2 is 1.61 bits per heavy atom. The maximum Gasteiger partial charge on any atom is 0.327 e. The molecular weight excluding hydrogens is 392 g/mol. The molecule has 4 aromatic rings. The summed E-state index contributed by atoms with van der Waals surface area (Å²) < 4.78 is 65.3. The van der Waals surface area contributed by atoms with E-state index in [2.05, 4.69) is 19.6 Å². The molecule has 0 amide bonds. The maximum absolute atomic E-state index is 14.2. The van der Waals surface area contributed by atoms with Gasteiger partial charge >= 0.3 is 6.01 Å². The van der Waals surface area contributed by atoms with E-state index in [9.17, 15) is 17.2 Å². The van der Waals surface area contributed by atoms with Gasteiger partial charge in [-0.05, 0) is 12.1 Å². The molecule has 0 aliphatic heterocycles. The van der Waals surface area contributed by atoms with Crippen LogP contribution in [0, 0.1) is 11.8 Å². The lowest BCUT2D eigenvalue weighted by atomic mass is 10.1. The van der Waals surface area contributed by atoms with Crippen LogP contribution in [-0.4, -0.2) is 18.7 Å². The zero-order valence-corrected chi connectivity index (χ0v) is 14.8. The predicted octanol–water partition coefficient (Wildman–Crippen LogP) is 4.08. The molecule has 0 atom stereocenters. The Balaban J connectivity index is 1.77. The van der Waals surface area contributed by atoms with Gasteiger partial charge in [0.25, 0.3) is 10.0 Å². The van der Waals surface area contributed by atoms with Gasteiger partial charge in [0.05, 0.1) is 0 Å². The molecule has 0 spiro atoms. The van der Waals surface area contributed by atoms with Crippen molar-refractivity contribution in [3.63, 3.8) is 0 Å². The molecule has 142 valence electrons. The highest BCUT2D eigenvalue weighted by molar-refractivity contribution is 7.92. The molecular formula is C18H11F2N3O4S. The third-order valence-electron chi connectivity index (χ3n) is 3.87. The highest BCUT2D eigenvalue weighted by atomic mass is 32.2. The number of nitrogens with one attached hydrogen (secondary N) is 1. The first-order chi connectivity index (χ1) is 13.5. The summed E-state index contributed by atoms with van der Waals surface area (Å²) in [6, 6.07) is 12.4. The number of aromatic nitrogens is 2. The van der Waals surface area contributed by atoms with Gasteiger partial charge in [-0.2, -0.15) is 4.39 Å². The van der Waals surface area contributed by atoms with Crippen molar-refractivity contribution in [1.82, 2.24) is 10.3 Å². The van der Waals surface area contributed by atoms with Crippen LogP contribution < -0.4 is 4.72 Å². The predicted molar refractivity (Wildman–Crippen MR) is 94.6 cm³/mol. The van der Waals surface area contributed by atoms with Crippen molar-refractivity contribution in [3.8, 4) is 22.5 Å². The van der Waals surface area contributed by atoms with E-state index in [0.29, 0.717) is 5.56 Å². The monoisotopic (exact) mass is 403 g/mol. The fourth-order valence-corrected chi connectivity index (χ4v) is 3.82. The molecule has 1 N–H and O–H groups in total. The Bertz CT molecular complexity index is 1240. The number of anilines is 1. The second-order valence-corrected chi connectivity index (χ2v) is 7.28. The van der Waals surface area contributed by atoms with Crippen LogP contribution in [0.1, 0.15) is 0 Å². The van der Waals surface area contributed by atoms with Gasteiger partial charge in [-0.15, -0.1) is 0 Å². The molecule has 0 aliphatic carbocycles. The zero-order valence-electron chi connectivity index (χ0n) is 14.0. The molecule has 10 heteroatoms. The van der Waals surface area contributed by atoms with E-state index in [1.807, 2.05) is 0 Å². The lowest BCUT2D eigenvalue weighted by molar-refractivity contribution is 0.274. The topological polar surface area (TPSA) is 98.2 Å². The second kappa shape index (κ2) is 6.89. The summed E-state index contributed by atoms with van der Waals surface area (Å²) in [5, 5.41) is 7.15. The standard InChI is InChI=1S/C18H11F2N3O4S/c19-13-9-5-4-8-12(13)16-17(18(20)27-22-16)28(24,25)23-14-10-26-21-15(14)11-6-2-1-3-7-11/h1-10,23H. The zero-order chi connectivity index (χ0) is 19.7. The van der Waals surface area contributed by atoms with Crippen molar-refractivity contribution in [1.29, 1.82) is 0 Å². The molecule has 0 saturated heterocycles. The van der Waals surface area contributed by atoms with Gasteiger partial charge in [0.2, 0.25) is 0 Å². The summed E-state index contributed by atoms with van der Waals surface area (Å²) in [5.41, 5.74) is 0.0544. The number of nitrogens with zero attached hydrogens (tertiary/aromatic N) is 2. The molecule has 0 aliphatic rings. The van der Waals surface area contributed by atoms with Crippen molar-refractivity contribution in [3.05, 3.63) is 72.7 Å². The van der Waals surface area contributed by atoms with Crippen molar-refractivity contribution in [2.24, 2.45) is 0 Å². The minimum absolute atomic E-state index is 0.0220. The molecule has 0 fully saturated rings. The minimum Gasteiger partial charge on any atom is -0.362 e. The van der Waals surface area contributed by atoms with E-state index in [0.717, 1.165) is 12.3 Å². The summed E-state index contributed by atoms with van der Waals surface area (Å²) in [7, 11) is -4.54. The quantitative estimate of drug-likeness (QED) is 0.539. The molecule has 2 aromatic carbocycles. The first-order valence-corrected chi connectivity index (χ1v) is 9.38.